The lowest BCUT2D eigenvalue weighted by molar-refractivity contribution is -0.136. The smallest absolute Gasteiger partial charge is 0.222 e. The van der Waals surface area contributed by atoms with E-state index in [1.165, 1.54) is 32.1 Å². The van der Waals surface area contributed by atoms with Crippen molar-refractivity contribution >= 4 is 11.8 Å². The fourth-order valence-electron chi connectivity index (χ4n) is 6.05. The number of fused-ring (bicyclic) bond motifs is 1. The summed E-state index contributed by atoms with van der Waals surface area (Å²) in [6.07, 6.45) is 12.3. The summed E-state index contributed by atoms with van der Waals surface area (Å²) in [6, 6.07) is 8.60. The third kappa shape index (κ3) is 4.61. The first kappa shape index (κ1) is 20.8. The molecule has 2 saturated carbocycles. The second-order valence-corrected chi connectivity index (χ2v) is 10.4. The van der Waals surface area contributed by atoms with Gasteiger partial charge in [0.15, 0.2) is 0 Å². The summed E-state index contributed by atoms with van der Waals surface area (Å²) in [5, 5.41) is 3.21. The van der Waals surface area contributed by atoms with Crippen molar-refractivity contribution < 1.29 is 14.3 Å². The van der Waals surface area contributed by atoms with Crippen LogP contribution in [0.5, 0.6) is 5.75 Å². The number of para-hydroxylation sites is 1. The Morgan fingerprint density at radius 2 is 1.74 bits per heavy atom. The largest absolute Gasteiger partial charge is 0.487 e. The van der Waals surface area contributed by atoms with Crippen LogP contribution in [0.2, 0.25) is 0 Å². The highest BCUT2D eigenvalue weighted by atomic mass is 16.5. The number of hydrogen-bond acceptors (Lipinski definition) is 3. The normalized spacial score (nSPS) is 25.5. The summed E-state index contributed by atoms with van der Waals surface area (Å²) in [5.41, 5.74) is 0.913. The predicted molar refractivity (Wildman–Crippen MR) is 120 cm³/mol. The van der Waals surface area contributed by atoms with Gasteiger partial charge in [0, 0.05) is 50.7 Å². The fraction of sp³-hybridized carbons (Fsp3) is 0.692. The monoisotopic (exact) mass is 424 g/mol. The van der Waals surface area contributed by atoms with Crippen molar-refractivity contribution in [3.8, 4) is 5.75 Å². The minimum Gasteiger partial charge on any atom is -0.487 e. The van der Waals surface area contributed by atoms with Crippen LogP contribution in [0.1, 0.15) is 88.5 Å². The molecule has 168 valence electrons. The van der Waals surface area contributed by atoms with Gasteiger partial charge in [0.05, 0.1) is 0 Å². The number of piperidine rings is 1. The molecule has 5 nitrogen and oxygen atoms in total. The molecule has 1 saturated heterocycles. The van der Waals surface area contributed by atoms with Gasteiger partial charge in [-0.2, -0.15) is 0 Å². The molecule has 0 unspecified atom stereocenters. The molecule has 2 aliphatic carbocycles. The number of amides is 2. The maximum absolute atomic E-state index is 12.8. The van der Waals surface area contributed by atoms with E-state index in [0.29, 0.717) is 24.3 Å². The van der Waals surface area contributed by atoms with Crippen LogP contribution in [0, 0.1) is 5.92 Å². The van der Waals surface area contributed by atoms with Gasteiger partial charge in [-0.25, -0.2) is 0 Å². The number of benzene rings is 1. The highest BCUT2D eigenvalue weighted by Crippen LogP contribution is 2.46. The van der Waals surface area contributed by atoms with E-state index in [1.54, 1.807) is 0 Å². The van der Waals surface area contributed by atoms with Crippen LogP contribution in [0.3, 0.4) is 0 Å². The van der Waals surface area contributed by atoms with Crippen molar-refractivity contribution in [1.82, 2.24) is 10.2 Å². The standard InChI is InChI=1S/C26H36N2O3/c29-24(27-21-8-5-9-21)17-20-18-26(31-23-11-4-3-10-22(20)23)12-14-28(15-13-26)25(30)16-19-6-1-2-7-19/h3-4,10-11,19-21H,1-2,5-9,12-18H2,(H,27,29)/t20-/m1/s1. The van der Waals surface area contributed by atoms with Crippen molar-refractivity contribution in [2.75, 3.05) is 13.1 Å². The Bertz CT molecular complexity index is 805. The van der Waals surface area contributed by atoms with Crippen molar-refractivity contribution in [1.29, 1.82) is 0 Å². The Balaban J connectivity index is 1.23. The van der Waals surface area contributed by atoms with E-state index in [-0.39, 0.29) is 17.4 Å². The molecule has 4 aliphatic rings. The molecule has 0 bridgehead atoms. The number of carbonyl (C=O) groups excluding carboxylic acids is 2. The molecule has 31 heavy (non-hydrogen) atoms. The molecule has 2 aliphatic heterocycles. The quantitative estimate of drug-likeness (QED) is 0.754. The molecule has 1 N–H and O–H groups in total. The van der Waals surface area contributed by atoms with Crippen LogP contribution in [0.15, 0.2) is 24.3 Å². The SMILES string of the molecule is O=C(C[C@@H]1CC2(CCN(C(=O)CC3CCCC3)CC2)Oc2ccccc21)NC1CCC1. The van der Waals surface area contributed by atoms with Gasteiger partial charge in [-0.1, -0.05) is 31.0 Å². The van der Waals surface area contributed by atoms with Crippen LogP contribution in [-0.4, -0.2) is 41.4 Å². The molecule has 0 radical (unpaired) electrons. The lowest BCUT2D eigenvalue weighted by atomic mass is 9.76. The zero-order chi connectivity index (χ0) is 21.3. The highest BCUT2D eigenvalue weighted by Gasteiger charge is 2.44. The molecule has 2 amide bonds. The van der Waals surface area contributed by atoms with Crippen LogP contribution >= 0.6 is 0 Å². The molecule has 5 rings (SSSR count). The van der Waals surface area contributed by atoms with Gasteiger partial charge in [0.1, 0.15) is 11.4 Å². The number of nitrogens with zero attached hydrogens (tertiary/aromatic N) is 1. The summed E-state index contributed by atoms with van der Waals surface area (Å²) in [4.78, 5) is 27.6. The number of rotatable bonds is 5. The van der Waals surface area contributed by atoms with Gasteiger partial charge in [0.2, 0.25) is 11.8 Å². The Morgan fingerprint density at radius 1 is 1.00 bits per heavy atom. The fourth-order valence-corrected chi connectivity index (χ4v) is 6.05. The molecule has 1 spiro atoms. The molecular formula is C26H36N2O3. The Labute approximate surface area is 185 Å². The van der Waals surface area contributed by atoms with E-state index < -0.39 is 0 Å². The average molecular weight is 425 g/mol. The average Bonchev–Trinajstić information content (AvgIpc) is 3.24. The Hall–Kier alpha value is -2.04. The van der Waals surface area contributed by atoms with Crippen molar-refractivity contribution in [3.63, 3.8) is 0 Å². The zero-order valence-electron chi connectivity index (χ0n) is 18.6. The lowest BCUT2D eigenvalue weighted by Crippen LogP contribution is -2.52. The summed E-state index contributed by atoms with van der Waals surface area (Å²) < 4.78 is 6.58. The van der Waals surface area contributed by atoms with Gasteiger partial charge < -0.3 is 15.0 Å². The third-order valence-electron chi connectivity index (χ3n) is 8.17. The Morgan fingerprint density at radius 3 is 2.45 bits per heavy atom. The molecule has 2 heterocycles. The lowest BCUT2D eigenvalue weighted by Gasteiger charge is -2.47. The number of carbonyl (C=O) groups is 2. The van der Waals surface area contributed by atoms with E-state index in [9.17, 15) is 9.59 Å². The van der Waals surface area contributed by atoms with Crippen LogP contribution < -0.4 is 10.1 Å². The summed E-state index contributed by atoms with van der Waals surface area (Å²) in [5.74, 6) is 2.21. The van der Waals surface area contributed by atoms with Gasteiger partial charge in [-0.3, -0.25) is 9.59 Å². The Kier molecular flexibility index (Phi) is 5.94. The first-order chi connectivity index (χ1) is 15.1. The number of hydrogen-bond donors (Lipinski definition) is 1. The van der Waals surface area contributed by atoms with Crippen molar-refractivity contribution in [3.05, 3.63) is 29.8 Å². The predicted octanol–water partition coefficient (Wildman–Crippen LogP) is 4.55. The second-order valence-electron chi connectivity index (χ2n) is 10.4. The summed E-state index contributed by atoms with van der Waals surface area (Å²) >= 11 is 0. The number of nitrogens with one attached hydrogen (secondary N) is 1. The second kappa shape index (κ2) is 8.84. The first-order valence-electron chi connectivity index (χ1n) is 12.5. The molecular weight excluding hydrogens is 388 g/mol. The first-order valence-corrected chi connectivity index (χ1v) is 12.5. The van der Waals surface area contributed by atoms with E-state index in [2.05, 4.69) is 16.3 Å². The van der Waals surface area contributed by atoms with Gasteiger partial charge in [-0.15, -0.1) is 0 Å². The summed E-state index contributed by atoms with van der Waals surface area (Å²) in [6.45, 7) is 1.55. The van der Waals surface area contributed by atoms with E-state index in [4.69, 9.17) is 4.74 Å². The number of ether oxygens (including phenoxy) is 1. The highest BCUT2D eigenvalue weighted by molar-refractivity contribution is 5.78. The van der Waals surface area contributed by atoms with Crippen molar-refractivity contribution in [2.24, 2.45) is 5.92 Å². The third-order valence-corrected chi connectivity index (χ3v) is 8.17. The molecule has 5 heteroatoms. The molecule has 0 aromatic heterocycles. The topological polar surface area (TPSA) is 58.6 Å². The van der Waals surface area contributed by atoms with E-state index in [0.717, 1.165) is 62.9 Å². The minimum atomic E-state index is -0.250. The molecule has 3 fully saturated rings. The maximum Gasteiger partial charge on any atom is 0.222 e. The van der Waals surface area contributed by atoms with Crippen LogP contribution in [0.25, 0.3) is 0 Å². The van der Waals surface area contributed by atoms with E-state index in [1.807, 2.05) is 18.2 Å². The van der Waals surface area contributed by atoms with Gasteiger partial charge in [-0.05, 0) is 56.1 Å². The minimum absolute atomic E-state index is 0.172. The maximum atomic E-state index is 12.8. The van der Waals surface area contributed by atoms with Crippen LogP contribution in [-0.2, 0) is 9.59 Å². The van der Waals surface area contributed by atoms with Gasteiger partial charge in [0.25, 0.3) is 0 Å². The zero-order valence-corrected chi connectivity index (χ0v) is 18.6. The number of likely N-dealkylation sites (tertiary alicyclic amines) is 1. The van der Waals surface area contributed by atoms with Gasteiger partial charge >= 0.3 is 0 Å². The molecule has 1 aromatic rings. The molecule has 1 aromatic carbocycles. The van der Waals surface area contributed by atoms with E-state index >= 15 is 0 Å². The van der Waals surface area contributed by atoms with Crippen LogP contribution in [0.4, 0.5) is 0 Å². The molecule has 1 atom stereocenters. The van der Waals surface area contributed by atoms with Crippen molar-refractivity contribution in [2.45, 2.75) is 94.6 Å². The summed E-state index contributed by atoms with van der Waals surface area (Å²) in [7, 11) is 0.